The number of hydrogen-bond donors (Lipinski definition) is 1. The summed E-state index contributed by atoms with van der Waals surface area (Å²) in [5, 5.41) is -0.428. The van der Waals surface area contributed by atoms with Crippen molar-refractivity contribution in [2.75, 3.05) is 0 Å². The molecule has 1 unspecified atom stereocenters. The van der Waals surface area contributed by atoms with Gasteiger partial charge in [-0.25, -0.2) is 4.98 Å². The molecule has 1 aromatic heterocycles. The number of Topliss-reactive ketones (excluding diaryl/α,β-unsaturated/α-hetero) is 3. The molecule has 1 N–H and O–H groups in total. The average molecular weight is 769 g/mol. The van der Waals surface area contributed by atoms with Gasteiger partial charge >= 0.3 is 0 Å². The maximum absolute atomic E-state index is 13.8. The summed E-state index contributed by atoms with van der Waals surface area (Å²) in [7, 11) is -2.36. The summed E-state index contributed by atoms with van der Waals surface area (Å²) < 4.78 is 34.3. The molecule has 0 bridgehead atoms. The molecule has 6 rings (SSSR count). The summed E-state index contributed by atoms with van der Waals surface area (Å²) >= 11 is 44.0. The largest absolute Gasteiger partial charge is 0.294 e. The fourth-order valence-corrected chi connectivity index (χ4v) is 8.46. The van der Waals surface area contributed by atoms with Crippen LogP contribution in [0.1, 0.15) is 59.4 Å². The SMILES string of the molecule is Cc1c(Cl)c(Cl)c(Cl)c2c1C(P)=C(c1ccc3cc(S(=O)(=O)O)cc(C4C(=O)c5c(Cl)c(Cl)c(Cl)c(Cl)c5C4=O)c3n1)C2=O. The van der Waals surface area contributed by atoms with E-state index in [0.29, 0.717) is 16.4 Å². The van der Waals surface area contributed by atoms with E-state index in [2.05, 4.69) is 14.2 Å². The molecular formula is C28H11Cl7NO6PS. The minimum Gasteiger partial charge on any atom is -0.293 e. The Bertz CT molecular complexity index is 2220. The molecule has 0 saturated carbocycles. The monoisotopic (exact) mass is 765 g/mol. The number of allylic oxidation sites excluding steroid dienone is 1. The highest BCUT2D eigenvalue weighted by Crippen LogP contribution is 2.52. The van der Waals surface area contributed by atoms with Gasteiger partial charge in [0.25, 0.3) is 10.1 Å². The van der Waals surface area contributed by atoms with Gasteiger partial charge in [0.05, 0.1) is 73.5 Å². The molecule has 16 heteroatoms. The van der Waals surface area contributed by atoms with E-state index in [9.17, 15) is 27.4 Å². The van der Waals surface area contributed by atoms with Crippen molar-refractivity contribution in [2.24, 2.45) is 0 Å². The quantitative estimate of drug-likeness (QED) is 0.0726. The lowest BCUT2D eigenvalue weighted by atomic mass is 9.91. The zero-order valence-electron chi connectivity index (χ0n) is 21.5. The summed E-state index contributed by atoms with van der Waals surface area (Å²) in [6, 6.07) is 4.93. The number of carbonyl (C=O) groups is 3. The van der Waals surface area contributed by atoms with Gasteiger partial charge in [-0.3, -0.25) is 18.9 Å². The van der Waals surface area contributed by atoms with Crippen molar-refractivity contribution in [3.8, 4) is 0 Å². The molecule has 44 heavy (non-hydrogen) atoms. The van der Waals surface area contributed by atoms with E-state index in [0.717, 1.165) is 12.1 Å². The first-order valence-electron chi connectivity index (χ1n) is 12.1. The maximum atomic E-state index is 13.8. The number of benzene rings is 3. The van der Waals surface area contributed by atoms with Crippen molar-refractivity contribution in [3.05, 3.63) is 98.5 Å². The Morgan fingerprint density at radius 2 is 1.27 bits per heavy atom. The standard InChI is InChI=1S/C28H11Cl7NO6PS/c1-6-11-14(18(30)21(33)17(6)29)27(39)13(28(11)43)10-3-2-7-4-8(44(40,41)42)5-9(24(7)36-10)12-25(37)15-16(26(12)38)20(32)23(35)22(34)19(15)31/h2-5,12H,43H2,1H3,(H,40,41,42). The second-order valence-corrected chi connectivity index (χ2v) is 14.5. The number of nitrogens with zero attached hydrogens (tertiary/aromatic N) is 1. The lowest BCUT2D eigenvalue weighted by Gasteiger charge is -2.14. The summed E-state index contributed by atoms with van der Waals surface area (Å²) in [4.78, 5) is 45.3. The van der Waals surface area contributed by atoms with Gasteiger partial charge in [-0.15, -0.1) is 9.24 Å². The number of hydrogen-bond acceptors (Lipinski definition) is 6. The Kier molecular flexibility index (Phi) is 7.95. The Morgan fingerprint density at radius 3 is 1.82 bits per heavy atom. The molecule has 2 aliphatic rings. The lowest BCUT2D eigenvalue weighted by Crippen LogP contribution is -2.15. The number of carbonyl (C=O) groups excluding carboxylic acids is 3. The average Bonchev–Trinajstić information content (AvgIpc) is 3.39. The van der Waals surface area contributed by atoms with Gasteiger partial charge in [0.1, 0.15) is 5.92 Å². The van der Waals surface area contributed by atoms with Crippen molar-refractivity contribution in [1.29, 1.82) is 0 Å². The van der Waals surface area contributed by atoms with Gasteiger partial charge in [0.2, 0.25) is 0 Å². The fraction of sp³-hybridized carbons (Fsp3) is 0.0714. The van der Waals surface area contributed by atoms with Crippen LogP contribution in [0.5, 0.6) is 0 Å². The second kappa shape index (κ2) is 10.9. The third-order valence-electron chi connectivity index (χ3n) is 7.50. The lowest BCUT2D eigenvalue weighted by molar-refractivity contribution is 0.0889. The number of pyridine rings is 1. The minimum atomic E-state index is -4.83. The number of rotatable bonds is 3. The van der Waals surface area contributed by atoms with E-state index in [-0.39, 0.29) is 79.6 Å². The molecule has 0 saturated heterocycles. The van der Waals surface area contributed by atoms with Crippen LogP contribution in [0.25, 0.3) is 21.8 Å². The van der Waals surface area contributed by atoms with E-state index in [1.807, 2.05) is 0 Å². The molecule has 0 amide bonds. The Hall–Kier alpha value is -1.81. The molecule has 0 radical (unpaired) electrons. The minimum absolute atomic E-state index is 0.0128. The zero-order chi connectivity index (χ0) is 32.3. The summed E-state index contributed by atoms with van der Waals surface area (Å²) in [5.41, 5.74) is 0.487. The van der Waals surface area contributed by atoms with Gasteiger partial charge in [-0.05, 0) is 47.1 Å². The van der Waals surface area contributed by atoms with E-state index >= 15 is 0 Å². The summed E-state index contributed by atoms with van der Waals surface area (Å²) in [6.45, 7) is 1.68. The highest BCUT2D eigenvalue weighted by atomic mass is 35.5. The highest BCUT2D eigenvalue weighted by molar-refractivity contribution is 7.85. The van der Waals surface area contributed by atoms with Crippen LogP contribution in [0, 0.1) is 6.92 Å². The Labute approximate surface area is 286 Å². The van der Waals surface area contributed by atoms with Crippen LogP contribution < -0.4 is 0 Å². The van der Waals surface area contributed by atoms with Crippen LogP contribution in [0.4, 0.5) is 0 Å². The van der Waals surface area contributed by atoms with Crippen molar-refractivity contribution >= 4 is 140 Å². The van der Waals surface area contributed by atoms with Gasteiger partial charge in [-0.2, -0.15) is 8.42 Å². The van der Waals surface area contributed by atoms with Crippen LogP contribution in [0.15, 0.2) is 29.2 Å². The number of aromatic nitrogens is 1. The van der Waals surface area contributed by atoms with Gasteiger partial charge in [0, 0.05) is 5.39 Å². The van der Waals surface area contributed by atoms with Crippen molar-refractivity contribution < 1.29 is 27.4 Å². The van der Waals surface area contributed by atoms with Crippen LogP contribution in [-0.4, -0.2) is 35.3 Å². The van der Waals surface area contributed by atoms with Crippen LogP contribution in [-0.2, 0) is 10.1 Å². The molecule has 0 fully saturated rings. The van der Waals surface area contributed by atoms with Crippen LogP contribution in [0.3, 0.4) is 0 Å². The van der Waals surface area contributed by atoms with Crippen molar-refractivity contribution in [2.45, 2.75) is 17.7 Å². The van der Waals surface area contributed by atoms with Gasteiger partial charge in [-0.1, -0.05) is 87.3 Å². The molecule has 7 nitrogen and oxygen atoms in total. The first-order valence-corrected chi connectivity index (χ1v) is 16.7. The van der Waals surface area contributed by atoms with Crippen molar-refractivity contribution in [1.82, 2.24) is 4.98 Å². The zero-order valence-corrected chi connectivity index (χ0v) is 28.7. The molecular weight excluding hydrogens is 758 g/mol. The summed E-state index contributed by atoms with van der Waals surface area (Å²) in [5.74, 6) is -3.91. The van der Waals surface area contributed by atoms with Crippen LogP contribution in [0.2, 0.25) is 35.2 Å². The third kappa shape index (κ3) is 4.49. The Balaban J connectivity index is 1.63. The maximum Gasteiger partial charge on any atom is 0.294 e. The predicted octanol–water partition coefficient (Wildman–Crippen LogP) is 9.47. The van der Waals surface area contributed by atoms with Gasteiger partial charge < -0.3 is 0 Å². The molecule has 224 valence electrons. The van der Waals surface area contributed by atoms with E-state index in [1.54, 1.807) is 6.92 Å². The first kappa shape index (κ1) is 32.1. The number of ketones is 3. The normalized spacial score (nSPS) is 15.2. The van der Waals surface area contributed by atoms with E-state index < -0.39 is 38.3 Å². The second-order valence-electron chi connectivity index (χ2n) is 9.86. The Morgan fingerprint density at radius 1 is 0.750 bits per heavy atom. The van der Waals surface area contributed by atoms with E-state index in [4.69, 9.17) is 81.2 Å². The van der Waals surface area contributed by atoms with Crippen LogP contribution >= 0.6 is 90.4 Å². The molecule has 1 atom stereocenters. The smallest absolute Gasteiger partial charge is 0.293 e. The molecule has 0 aliphatic heterocycles. The number of halogens is 7. The molecule has 3 aromatic carbocycles. The third-order valence-corrected chi connectivity index (χ3v) is 12.1. The van der Waals surface area contributed by atoms with E-state index in [1.165, 1.54) is 12.1 Å². The molecule has 2 aliphatic carbocycles. The van der Waals surface area contributed by atoms with Gasteiger partial charge in [0.15, 0.2) is 17.3 Å². The highest BCUT2D eigenvalue weighted by Gasteiger charge is 2.46. The molecule has 1 heterocycles. The summed E-state index contributed by atoms with van der Waals surface area (Å²) in [6.07, 6.45) is 0. The topological polar surface area (TPSA) is 118 Å². The fourth-order valence-electron chi connectivity index (χ4n) is 5.48. The molecule has 4 aromatic rings. The predicted molar refractivity (Wildman–Crippen MR) is 177 cm³/mol. The van der Waals surface area contributed by atoms with Crippen molar-refractivity contribution in [3.63, 3.8) is 0 Å². The molecule has 0 spiro atoms. The number of fused-ring (bicyclic) bond motifs is 3. The first-order chi connectivity index (χ1) is 20.5.